The van der Waals surface area contributed by atoms with E-state index in [9.17, 15) is 18.3 Å². The number of benzene rings is 2. The normalized spacial score (nSPS) is 15.2. The molecule has 1 aliphatic heterocycles. The van der Waals surface area contributed by atoms with Crippen LogP contribution in [0.2, 0.25) is 0 Å². The number of aromatic nitrogens is 2. The fraction of sp³-hybridized carbons (Fsp3) is 0.304. The lowest BCUT2D eigenvalue weighted by atomic mass is 10.1. The lowest BCUT2D eigenvalue weighted by molar-refractivity contribution is 0.100. The van der Waals surface area contributed by atoms with Crippen molar-refractivity contribution in [3.05, 3.63) is 58.7 Å². The molecule has 0 aliphatic carbocycles. The number of nitrogens with zero attached hydrogens (tertiary/aromatic N) is 2. The molecule has 4 rings (SSSR count). The minimum absolute atomic E-state index is 0.155. The van der Waals surface area contributed by atoms with Crippen molar-refractivity contribution >= 4 is 38.8 Å². The molecule has 1 aliphatic rings. The number of sulfone groups is 1. The number of nitrogens with one attached hydrogen (secondary N) is 3. The van der Waals surface area contributed by atoms with E-state index < -0.39 is 15.7 Å². The lowest BCUT2D eigenvalue weighted by Gasteiger charge is -2.28. The molecule has 3 aromatic rings. The highest BCUT2D eigenvalue weighted by Crippen LogP contribution is 2.28. The molecule has 0 bridgehead atoms. The third kappa shape index (κ3) is 5.09. The van der Waals surface area contributed by atoms with E-state index in [1.54, 1.807) is 0 Å². The summed E-state index contributed by atoms with van der Waals surface area (Å²) >= 11 is 0. The minimum Gasteiger partial charge on any atom is -0.507 e. The average Bonchev–Trinajstić information content (AvgIpc) is 3.19. The van der Waals surface area contributed by atoms with Crippen LogP contribution in [0.15, 0.2) is 36.4 Å². The number of amides is 1. The molecule has 6 N–H and O–H groups in total. The van der Waals surface area contributed by atoms with Gasteiger partial charge in [-0.05, 0) is 54.8 Å². The van der Waals surface area contributed by atoms with Crippen LogP contribution in [0, 0.1) is 13.8 Å². The standard InChI is InChI=1S/C23H28N6O4S/c1-14-11-16(12-15(2)20(14)30)13-25-22-19(21(24)31)23(28-27-22)26-17-3-5-18(6-4-17)29-7-9-34(32,33)10-8-29/h3-6,11-12,30H,7-10,13H2,1-2H3,(H2,24,31)(H3,25,26,27,28). The van der Waals surface area contributed by atoms with Crippen LogP contribution in [-0.4, -0.2) is 54.2 Å². The molecule has 0 spiro atoms. The zero-order valence-corrected chi connectivity index (χ0v) is 19.9. The molecule has 1 fully saturated rings. The van der Waals surface area contributed by atoms with E-state index >= 15 is 0 Å². The van der Waals surface area contributed by atoms with E-state index in [4.69, 9.17) is 5.73 Å². The van der Waals surface area contributed by atoms with Gasteiger partial charge in [-0.2, -0.15) is 5.10 Å². The molecular weight excluding hydrogens is 456 g/mol. The maximum atomic E-state index is 12.2. The first-order valence-corrected chi connectivity index (χ1v) is 12.7. The predicted molar refractivity (Wildman–Crippen MR) is 133 cm³/mol. The second-order valence-corrected chi connectivity index (χ2v) is 10.7. The molecule has 0 radical (unpaired) electrons. The minimum atomic E-state index is -2.94. The van der Waals surface area contributed by atoms with Crippen LogP contribution >= 0.6 is 0 Å². The Labute approximate surface area is 198 Å². The van der Waals surface area contributed by atoms with Gasteiger partial charge >= 0.3 is 0 Å². The van der Waals surface area contributed by atoms with Gasteiger partial charge in [0.15, 0.2) is 15.7 Å². The van der Waals surface area contributed by atoms with Crippen molar-refractivity contribution in [1.82, 2.24) is 10.2 Å². The number of nitrogens with two attached hydrogens (primary N) is 1. The zero-order chi connectivity index (χ0) is 24.5. The number of rotatable bonds is 7. The maximum absolute atomic E-state index is 12.2. The zero-order valence-electron chi connectivity index (χ0n) is 19.1. The van der Waals surface area contributed by atoms with Crippen LogP contribution in [0.4, 0.5) is 23.0 Å². The molecule has 1 saturated heterocycles. The van der Waals surface area contributed by atoms with E-state index in [1.165, 1.54) is 0 Å². The number of aromatic amines is 1. The van der Waals surface area contributed by atoms with E-state index in [2.05, 4.69) is 20.8 Å². The summed E-state index contributed by atoms with van der Waals surface area (Å²) in [4.78, 5) is 14.2. The Balaban J connectivity index is 1.46. The molecular formula is C23H28N6O4S. The van der Waals surface area contributed by atoms with Crippen molar-refractivity contribution in [2.24, 2.45) is 5.73 Å². The monoisotopic (exact) mass is 484 g/mol. The summed E-state index contributed by atoms with van der Waals surface area (Å²) in [6.45, 7) is 4.99. The highest BCUT2D eigenvalue weighted by Gasteiger charge is 2.22. The maximum Gasteiger partial charge on any atom is 0.256 e. The molecule has 1 aromatic heterocycles. The molecule has 11 heteroatoms. The number of phenolic OH excluding ortho intramolecular Hbond substituents is 1. The highest BCUT2D eigenvalue weighted by atomic mass is 32.2. The van der Waals surface area contributed by atoms with E-state index in [-0.39, 0.29) is 22.8 Å². The van der Waals surface area contributed by atoms with Crippen molar-refractivity contribution in [3.63, 3.8) is 0 Å². The number of hydrogen-bond acceptors (Lipinski definition) is 8. The fourth-order valence-corrected chi connectivity index (χ4v) is 5.21. The van der Waals surface area contributed by atoms with Crippen LogP contribution in [0.5, 0.6) is 5.75 Å². The van der Waals surface area contributed by atoms with Crippen LogP contribution in [0.1, 0.15) is 27.0 Å². The topological polar surface area (TPSA) is 153 Å². The quantitative estimate of drug-likeness (QED) is 0.343. The highest BCUT2D eigenvalue weighted by molar-refractivity contribution is 7.91. The second kappa shape index (κ2) is 9.26. The Bertz CT molecular complexity index is 1280. The molecule has 0 unspecified atom stereocenters. The lowest BCUT2D eigenvalue weighted by Crippen LogP contribution is -2.40. The molecule has 0 saturated carbocycles. The van der Waals surface area contributed by atoms with Gasteiger partial charge in [0, 0.05) is 31.0 Å². The largest absolute Gasteiger partial charge is 0.507 e. The molecule has 10 nitrogen and oxygen atoms in total. The third-order valence-electron chi connectivity index (χ3n) is 5.87. The summed E-state index contributed by atoms with van der Waals surface area (Å²) in [6, 6.07) is 11.2. The number of aryl methyl sites for hydroxylation is 2. The second-order valence-electron chi connectivity index (χ2n) is 8.43. The third-order valence-corrected chi connectivity index (χ3v) is 7.48. The van der Waals surface area contributed by atoms with Crippen molar-refractivity contribution in [1.29, 1.82) is 0 Å². The first-order valence-electron chi connectivity index (χ1n) is 10.9. The first kappa shape index (κ1) is 23.4. The number of hydrogen-bond donors (Lipinski definition) is 5. The van der Waals surface area contributed by atoms with Gasteiger partial charge in [-0.1, -0.05) is 12.1 Å². The number of phenols is 1. The summed E-state index contributed by atoms with van der Waals surface area (Å²) in [6.07, 6.45) is 0. The van der Waals surface area contributed by atoms with Gasteiger partial charge in [0.05, 0.1) is 11.5 Å². The van der Waals surface area contributed by atoms with E-state index in [1.807, 2.05) is 55.1 Å². The van der Waals surface area contributed by atoms with Crippen molar-refractivity contribution in [2.75, 3.05) is 40.1 Å². The fourth-order valence-electron chi connectivity index (χ4n) is 4.00. The van der Waals surface area contributed by atoms with Crippen LogP contribution in [0.25, 0.3) is 0 Å². The molecule has 34 heavy (non-hydrogen) atoms. The number of anilines is 4. The van der Waals surface area contributed by atoms with Gasteiger partial charge in [0.1, 0.15) is 17.1 Å². The summed E-state index contributed by atoms with van der Waals surface area (Å²) in [5.41, 5.74) is 9.95. The van der Waals surface area contributed by atoms with Gasteiger partial charge in [-0.15, -0.1) is 0 Å². The van der Waals surface area contributed by atoms with Gasteiger partial charge in [-0.25, -0.2) is 8.42 Å². The smallest absolute Gasteiger partial charge is 0.256 e. The first-order chi connectivity index (χ1) is 16.1. The van der Waals surface area contributed by atoms with Crippen LogP contribution in [0.3, 0.4) is 0 Å². The average molecular weight is 485 g/mol. The molecule has 2 aromatic carbocycles. The van der Waals surface area contributed by atoms with Gasteiger partial charge < -0.3 is 26.4 Å². The van der Waals surface area contributed by atoms with E-state index in [0.29, 0.717) is 31.3 Å². The Hall–Kier alpha value is -3.73. The summed E-state index contributed by atoms with van der Waals surface area (Å²) < 4.78 is 23.3. The molecule has 180 valence electrons. The number of carbonyl (C=O) groups is 1. The predicted octanol–water partition coefficient (Wildman–Crippen LogP) is 2.42. The van der Waals surface area contributed by atoms with Gasteiger partial charge in [-0.3, -0.25) is 9.89 Å². The molecule has 2 heterocycles. The summed E-state index contributed by atoms with van der Waals surface area (Å²) in [5.74, 6) is 0.631. The van der Waals surface area contributed by atoms with Crippen LogP contribution in [-0.2, 0) is 16.4 Å². The Morgan fingerprint density at radius 3 is 2.35 bits per heavy atom. The molecule has 0 atom stereocenters. The van der Waals surface area contributed by atoms with E-state index in [0.717, 1.165) is 28.1 Å². The SMILES string of the molecule is Cc1cc(CNc2n[nH]c(Nc3ccc(N4CCS(=O)(=O)CC4)cc3)c2C(N)=O)cc(C)c1O. The summed E-state index contributed by atoms with van der Waals surface area (Å²) in [7, 11) is -2.94. The van der Waals surface area contributed by atoms with Crippen molar-refractivity contribution in [3.8, 4) is 5.75 Å². The van der Waals surface area contributed by atoms with Gasteiger partial charge in [0.25, 0.3) is 5.91 Å². The van der Waals surface area contributed by atoms with Gasteiger partial charge in [0.2, 0.25) is 0 Å². The number of aromatic hydroxyl groups is 1. The van der Waals surface area contributed by atoms with Crippen molar-refractivity contribution < 1.29 is 18.3 Å². The summed E-state index contributed by atoms with van der Waals surface area (Å²) in [5, 5.41) is 23.2. The van der Waals surface area contributed by atoms with Crippen molar-refractivity contribution in [2.45, 2.75) is 20.4 Å². The Morgan fingerprint density at radius 2 is 1.76 bits per heavy atom. The van der Waals surface area contributed by atoms with Crippen LogP contribution < -0.4 is 21.3 Å². The number of H-pyrrole nitrogens is 1. The number of primary amides is 1. The Kier molecular flexibility index (Phi) is 6.38. The Morgan fingerprint density at radius 1 is 1.15 bits per heavy atom. The number of carbonyl (C=O) groups excluding carboxylic acids is 1. The molecule has 1 amide bonds.